The molecule has 1 aliphatic rings. The van der Waals surface area contributed by atoms with Crippen molar-refractivity contribution in [3.05, 3.63) is 53.6 Å². The fraction of sp³-hybridized carbons (Fsp3) is 0.381. The number of nitrogens with zero attached hydrogens (tertiary/aromatic N) is 1. The van der Waals surface area contributed by atoms with E-state index >= 15 is 0 Å². The lowest BCUT2D eigenvalue weighted by Crippen LogP contribution is -2.40. The van der Waals surface area contributed by atoms with Gasteiger partial charge in [0.25, 0.3) is 5.91 Å². The molecule has 5 heteroatoms. The molecular formula is C21H26N2O3. The van der Waals surface area contributed by atoms with Gasteiger partial charge in [-0.15, -0.1) is 0 Å². The maximum atomic E-state index is 12.7. The van der Waals surface area contributed by atoms with Crippen molar-refractivity contribution in [3.8, 4) is 11.5 Å². The Hall–Kier alpha value is -2.69. The quantitative estimate of drug-likeness (QED) is 0.746. The van der Waals surface area contributed by atoms with Crippen molar-refractivity contribution in [2.75, 3.05) is 26.1 Å². The molecule has 0 spiro atoms. The first kappa shape index (κ1) is 18.1. The Morgan fingerprint density at radius 2 is 1.92 bits per heavy atom. The van der Waals surface area contributed by atoms with Gasteiger partial charge in [-0.05, 0) is 36.2 Å². The minimum atomic E-state index is -0.250. The summed E-state index contributed by atoms with van der Waals surface area (Å²) in [5.41, 5.74) is 2.49. The summed E-state index contributed by atoms with van der Waals surface area (Å²) in [4.78, 5) is 14.4. The van der Waals surface area contributed by atoms with E-state index in [9.17, 15) is 4.79 Å². The van der Waals surface area contributed by atoms with E-state index in [4.69, 9.17) is 9.47 Å². The molecule has 0 saturated carbocycles. The highest BCUT2D eigenvalue weighted by Gasteiger charge is 2.30. The third-order valence-corrected chi connectivity index (χ3v) is 4.67. The minimum absolute atomic E-state index is 0.00297. The maximum absolute atomic E-state index is 12.7. The van der Waals surface area contributed by atoms with Gasteiger partial charge in [-0.1, -0.05) is 38.0 Å². The van der Waals surface area contributed by atoms with Gasteiger partial charge in [-0.25, -0.2) is 0 Å². The third-order valence-electron chi connectivity index (χ3n) is 4.67. The smallest absolute Gasteiger partial charge is 0.257 e. The van der Waals surface area contributed by atoms with Crippen LogP contribution in [0.4, 0.5) is 5.69 Å². The Labute approximate surface area is 154 Å². The second-order valence-electron chi connectivity index (χ2n) is 6.47. The summed E-state index contributed by atoms with van der Waals surface area (Å²) in [5.74, 6) is 1.42. The van der Waals surface area contributed by atoms with Crippen LogP contribution in [-0.2, 0) is 0 Å². The van der Waals surface area contributed by atoms with Gasteiger partial charge in [-0.2, -0.15) is 0 Å². The molecule has 0 saturated heterocycles. The lowest BCUT2D eigenvalue weighted by molar-refractivity contribution is 0.0735. The summed E-state index contributed by atoms with van der Waals surface area (Å²) in [7, 11) is 3.44. The molecule has 1 atom stereocenters. The van der Waals surface area contributed by atoms with Crippen LogP contribution in [0.3, 0.4) is 0 Å². The summed E-state index contributed by atoms with van der Waals surface area (Å²) in [6.07, 6.45) is 3.09. The number of nitrogens with one attached hydrogen (secondary N) is 1. The molecule has 0 radical (unpaired) electrons. The van der Waals surface area contributed by atoms with Crippen molar-refractivity contribution < 1.29 is 14.3 Å². The molecule has 0 aliphatic carbocycles. The third kappa shape index (κ3) is 3.62. The Kier molecular flexibility index (Phi) is 5.66. The average Bonchev–Trinajstić information content (AvgIpc) is 2.68. The van der Waals surface area contributed by atoms with Crippen LogP contribution in [0.2, 0.25) is 0 Å². The first-order chi connectivity index (χ1) is 12.7. The second-order valence-corrected chi connectivity index (χ2v) is 6.47. The van der Waals surface area contributed by atoms with Crippen molar-refractivity contribution in [3.63, 3.8) is 0 Å². The zero-order chi connectivity index (χ0) is 18.5. The monoisotopic (exact) mass is 354 g/mol. The number of hydrogen-bond acceptors (Lipinski definition) is 4. The van der Waals surface area contributed by atoms with Gasteiger partial charge in [0.05, 0.1) is 19.3 Å². The van der Waals surface area contributed by atoms with Crippen LogP contribution >= 0.6 is 0 Å². The zero-order valence-corrected chi connectivity index (χ0v) is 15.6. The molecule has 1 heterocycles. The van der Waals surface area contributed by atoms with E-state index in [2.05, 4.69) is 12.2 Å². The van der Waals surface area contributed by atoms with Gasteiger partial charge in [0.1, 0.15) is 6.17 Å². The van der Waals surface area contributed by atoms with E-state index < -0.39 is 0 Å². The van der Waals surface area contributed by atoms with Crippen molar-refractivity contribution in [2.45, 2.75) is 32.4 Å². The number of unbranched alkanes of at least 4 members (excludes halogenated alkanes) is 2. The summed E-state index contributed by atoms with van der Waals surface area (Å²) >= 11 is 0. The second kappa shape index (κ2) is 8.13. The molecule has 0 fully saturated rings. The Balaban J connectivity index is 1.82. The number of fused-ring (bicyclic) bond motifs is 1. The number of carbonyl (C=O) groups is 1. The highest BCUT2D eigenvalue weighted by molar-refractivity contribution is 6.01. The molecule has 0 aromatic heterocycles. The van der Waals surface area contributed by atoms with Crippen LogP contribution in [0, 0.1) is 0 Å². The lowest BCUT2D eigenvalue weighted by atomic mass is 10.0. The first-order valence-electron chi connectivity index (χ1n) is 9.09. The van der Waals surface area contributed by atoms with Crippen molar-refractivity contribution in [1.29, 1.82) is 0 Å². The summed E-state index contributed by atoms with van der Waals surface area (Å²) in [6, 6.07) is 13.4. The highest BCUT2D eigenvalue weighted by Crippen LogP contribution is 2.36. The zero-order valence-electron chi connectivity index (χ0n) is 15.6. The number of methoxy groups -OCH3 is 1. The van der Waals surface area contributed by atoms with Crippen molar-refractivity contribution in [2.24, 2.45) is 0 Å². The fourth-order valence-corrected chi connectivity index (χ4v) is 3.16. The van der Waals surface area contributed by atoms with E-state index in [0.29, 0.717) is 17.9 Å². The van der Waals surface area contributed by atoms with Crippen LogP contribution in [0.5, 0.6) is 11.5 Å². The molecular weight excluding hydrogens is 328 g/mol. The first-order valence-corrected chi connectivity index (χ1v) is 9.09. The highest BCUT2D eigenvalue weighted by atomic mass is 16.5. The number of benzene rings is 2. The number of anilines is 1. The van der Waals surface area contributed by atoms with Gasteiger partial charge in [0.2, 0.25) is 0 Å². The van der Waals surface area contributed by atoms with E-state index in [0.717, 1.165) is 36.3 Å². The van der Waals surface area contributed by atoms with Gasteiger partial charge in [0.15, 0.2) is 11.5 Å². The Morgan fingerprint density at radius 1 is 1.12 bits per heavy atom. The van der Waals surface area contributed by atoms with Gasteiger partial charge in [-0.3, -0.25) is 4.79 Å². The SMILES string of the molecule is CCCCCOc1ccc(C2Nc3ccccc3C(=O)N2C)cc1OC. The Bertz CT molecular complexity index is 776. The van der Waals surface area contributed by atoms with Gasteiger partial charge < -0.3 is 19.7 Å². The minimum Gasteiger partial charge on any atom is -0.493 e. The van der Waals surface area contributed by atoms with E-state index in [1.165, 1.54) is 0 Å². The molecule has 0 bridgehead atoms. The van der Waals surface area contributed by atoms with E-state index in [-0.39, 0.29) is 12.1 Å². The van der Waals surface area contributed by atoms with E-state index in [1.807, 2.05) is 42.5 Å². The molecule has 1 amide bonds. The van der Waals surface area contributed by atoms with Crippen LogP contribution in [0.1, 0.15) is 48.3 Å². The fourth-order valence-electron chi connectivity index (χ4n) is 3.16. The number of rotatable bonds is 7. The molecule has 2 aromatic rings. The largest absolute Gasteiger partial charge is 0.493 e. The normalized spacial score (nSPS) is 16.0. The van der Waals surface area contributed by atoms with Crippen molar-refractivity contribution >= 4 is 11.6 Å². The van der Waals surface area contributed by atoms with Crippen LogP contribution in [0.15, 0.2) is 42.5 Å². The molecule has 1 unspecified atom stereocenters. The summed E-state index contributed by atoms with van der Waals surface area (Å²) in [6.45, 7) is 2.85. The molecule has 26 heavy (non-hydrogen) atoms. The Morgan fingerprint density at radius 3 is 2.69 bits per heavy atom. The number of carbonyl (C=O) groups excluding carboxylic acids is 1. The molecule has 1 N–H and O–H groups in total. The molecule has 2 aromatic carbocycles. The predicted octanol–water partition coefficient (Wildman–Crippen LogP) is 4.46. The lowest BCUT2D eigenvalue weighted by Gasteiger charge is -2.35. The predicted molar refractivity (Wildman–Crippen MR) is 103 cm³/mol. The number of para-hydroxylation sites is 1. The number of hydrogen-bond donors (Lipinski definition) is 1. The topological polar surface area (TPSA) is 50.8 Å². The average molecular weight is 354 g/mol. The van der Waals surface area contributed by atoms with E-state index in [1.54, 1.807) is 19.1 Å². The van der Waals surface area contributed by atoms with Crippen LogP contribution in [0.25, 0.3) is 0 Å². The molecule has 5 nitrogen and oxygen atoms in total. The number of ether oxygens (including phenoxy) is 2. The van der Waals surface area contributed by atoms with Crippen LogP contribution < -0.4 is 14.8 Å². The molecule has 3 rings (SSSR count). The molecule has 1 aliphatic heterocycles. The van der Waals surface area contributed by atoms with Crippen LogP contribution in [-0.4, -0.2) is 31.6 Å². The summed E-state index contributed by atoms with van der Waals surface area (Å²) < 4.78 is 11.4. The van der Waals surface area contributed by atoms with Crippen molar-refractivity contribution in [1.82, 2.24) is 4.90 Å². The maximum Gasteiger partial charge on any atom is 0.257 e. The summed E-state index contributed by atoms with van der Waals surface area (Å²) in [5, 5.41) is 3.43. The number of amides is 1. The standard InChI is InChI=1S/C21H26N2O3/c1-4-5-8-13-26-18-12-11-15(14-19(18)25-3)20-22-17-10-7-6-9-16(17)21(24)23(20)2/h6-7,9-12,14,20,22H,4-5,8,13H2,1-3H3. The van der Waals surface area contributed by atoms with Gasteiger partial charge in [0, 0.05) is 12.7 Å². The van der Waals surface area contributed by atoms with Gasteiger partial charge >= 0.3 is 0 Å². The molecule has 138 valence electrons.